The molecule has 7 heteroatoms. The number of benzene rings is 2. The van der Waals surface area contributed by atoms with Gasteiger partial charge >= 0.3 is 0 Å². The van der Waals surface area contributed by atoms with Gasteiger partial charge in [-0.2, -0.15) is 0 Å². The summed E-state index contributed by atoms with van der Waals surface area (Å²) in [4.78, 5) is 32.8. The Hall–Kier alpha value is -3.00. The van der Waals surface area contributed by atoms with Gasteiger partial charge < -0.3 is 15.0 Å². The molecule has 3 aromatic rings. The first-order valence-corrected chi connectivity index (χ1v) is 13.5. The number of nitrogens with zero attached hydrogens (tertiary/aromatic N) is 2. The zero-order chi connectivity index (χ0) is 24.9. The van der Waals surface area contributed by atoms with Crippen LogP contribution < -0.4 is 5.32 Å². The number of ether oxygens (including phenoxy) is 1. The van der Waals surface area contributed by atoms with E-state index in [4.69, 9.17) is 4.74 Å². The van der Waals surface area contributed by atoms with Crippen LogP contribution >= 0.6 is 11.3 Å². The van der Waals surface area contributed by atoms with E-state index in [1.165, 1.54) is 5.56 Å². The third kappa shape index (κ3) is 5.24. The normalized spacial score (nSPS) is 20.8. The number of rotatable bonds is 8. The lowest BCUT2D eigenvalue weighted by Crippen LogP contribution is -2.51. The van der Waals surface area contributed by atoms with Gasteiger partial charge in [0.25, 0.3) is 5.91 Å². The van der Waals surface area contributed by atoms with Gasteiger partial charge in [0, 0.05) is 49.8 Å². The van der Waals surface area contributed by atoms with Crippen LogP contribution in [0.5, 0.6) is 0 Å². The van der Waals surface area contributed by atoms with Crippen LogP contribution in [0.3, 0.4) is 0 Å². The van der Waals surface area contributed by atoms with E-state index in [9.17, 15) is 9.59 Å². The highest BCUT2D eigenvalue weighted by Crippen LogP contribution is 2.44. The van der Waals surface area contributed by atoms with E-state index in [0.29, 0.717) is 18.7 Å². The number of piperidine rings is 1. The average molecular weight is 504 g/mol. The van der Waals surface area contributed by atoms with Crippen LogP contribution in [-0.2, 0) is 16.1 Å². The zero-order valence-electron chi connectivity index (χ0n) is 20.6. The van der Waals surface area contributed by atoms with E-state index in [2.05, 4.69) is 34.5 Å². The number of fused-ring (bicyclic) bond motifs is 1. The minimum atomic E-state index is -0.461. The number of hydrogen-bond donors (Lipinski definition) is 1. The SMILES string of the molecule is COCCN1C(=O)c2ccccc2[C@@H](C(=O)NC2CCN(Cc3ccccc3)CC2)[C@H]1c1cccs1. The summed E-state index contributed by atoms with van der Waals surface area (Å²) in [6.45, 7) is 3.70. The summed E-state index contributed by atoms with van der Waals surface area (Å²) >= 11 is 1.59. The Morgan fingerprint density at radius 3 is 2.50 bits per heavy atom. The highest BCUT2D eigenvalue weighted by atomic mass is 32.1. The fourth-order valence-electron chi connectivity index (χ4n) is 5.45. The zero-order valence-corrected chi connectivity index (χ0v) is 21.5. The molecule has 0 aliphatic carbocycles. The second kappa shape index (κ2) is 11.4. The van der Waals surface area contributed by atoms with Gasteiger partial charge in [-0.15, -0.1) is 11.3 Å². The molecule has 0 saturated carbocycles. The van der Waals surface area contributed by atoms with Crippen molar-refractivity contribution in [2.75, 3.05) is 33.4 Å². The Kier molecular flexibility index (Phi) is 7.80. The lowest BCUT2D eigenvalue weighted by Gasteiger charge is -2.42. The fraction of sp³-hybridized carbons (Fsp3) is 0.379. The van der Waals surface area contributed by atoms with Gasteiger partial charge in [-0.05, 0) is 41.5 Å². The molecule has 1 N–H and O–H groups in total. The largest absolute Gasteiger partial charge is 0.383 e. The van der Waals surface area contributed by atoms with E-state index in [-0.39, 0.29) is 23.9 Å². The molecule has 2 amide bonds. The van der Waals surface area contributed by atoms with E-state index in [1.807, 2.05) is 52.7 Å². The molecule has 1 saturated heterocycles. The predicted molar refractivity (Wildman–Crippen MR) is 142 cm³/mol. The predicted octanol–water partition coefficient (Wildman–Crippen LogP) is 4.46. The summed E-state index contributed by atoms with van der Waals surface area (Å²) in [7, 11) is 1.64. The number of carbonyl (C=O) groups excluding carboxylic acids is 2. The van der Waals surface area contributed by atoms with E-state index in [1.54, 1.807) is 18.4 Å². The third-order valence-corrected chi connectivity index (χ3v) is 8.22. The second-order valence-corrected chi connectivity index (χ2v) is 10.5. The van der Waals surface area contributed by atoms with Crippen LogP contribution in [0, 0.1) is 0 Å². The first-order valence-electron chi connectivity index (χ1n) is 12.6. The smallest absolute Gasteiger partial charge is 0.254 e. The van der Waals surface area contributed by atoms with Gasteiger partial charge in [0.15, 0.2) is 0 Å². The molecule has 6 nitrogen and oxygen atoms in total. The molecule has 1 fully saturated rings. The Labute approximate surface area is 216 Å². The van der Waals surface area contributed by atoms with Crippen molar-refractivity contribution in [3.63, 3.8) is 0 Å². The molecule has 2 atom stereocenters. The average Bonchev–Trinajstić information content (AvgIpc) is 3.44. The lowest BCUT2D eigenvalue weighted by molar-refractivity contribution is -0.125. The first kappa shape index (κ1) is 24.7. The van der Waals surface area contributed by atoms with Crippen LogP contribution in [0.15, 0.2) is 72.1 Å². The molecular formula is C29H33N3O3S. The van der Waals surface area contributed by atoms with Crippen molar-refractivity contribution in [3.8, 4) is 0 Å². The Morgan fingerprint density at radius 1 is 1.03 bits per heavy atom. The third-order valence-electron chi connectivity index (χ3n) is 7.28. The van der Waals surface area contributed by atoms with E-state index >= 15 is 0 Å². The molecule has 36 heavy (non-hydrogen) atoms. The summed E-state index contributed by atoms with van der Waals surface area (Å²) in [6.07, 6.45) is 1.84. The first-order chi connectivity index (χ1) is 17.7. The standard InChI is InChI=1S/C29H33N3O3S/c1-35-18-17-32-27(25-12-7-19-36-25)26(23-10-5-6-11-24(23)29(32)34)28(33)30-22-13-15-31(16-14-22)20-21-8-3-2-4-9-21/h2-12,19,22,26-27H,13-18,20H2,1H3,(H,30,33)/t26-,27-/m1/s1. The molecule has 0 spiro atoms. The number of carbonyl (C=O) groups is 2. The van der Waals surface area contributed by atoms with Gasteiger partial charge in [-0.3, -0.25) is 14.5 Å². The van der Waals surface area contributed by atoms with Crippen molar-refractivity contribution in [3.05, 3.63) is 93.7 Å². The van der Waals surface area contributed by atoms with Crippen LogP contribution in [0.4, 0.5) is 0 Å². The summed E-state index contributed by atoms with van der Waals surface area (Å²) in [5.41, 5.74) is 2.74. The summed E-state index contributed by atoms with van der Waals surface area (Å²) in [6, 6.07) is 21.9. The lowest BCUT2D eigenvalue weighted by atomic mass is 9.81. The quantitative estimate of drug-likeness (QED) is 0.493. The number of thiophene rings is 1. The maximum absolute atomic E-state index is 13.9. The maximum atomic E-state index is 13.9. The van der Waals surface area contributed by atoms with Crippen LogP contribution in [-0.4, -0.2) is 61.0 Å². The topological polar surface area (TPSA) is 61.9 Å². The molecule has 2 aromatic carbocycles. The molecule has 0 bridgehead atoms. The maximum Gasteiger partial charge on any atom is 0.254 e. The molecular weight excluding hydrogens is 470 g/mol. The summed E-state index contributed by atoms with van der Waals surface area (Å²) in [5.74, 6) is -0.506. The highest BCUT2D eigenvalue weighted by Gasteiger charge is 2.44. The fourth-order valence-corrected chi connectivity index (χ4v) is 6.33. The highest BCUT2D eigenvalue weighted by molar-refractivity contribution is 7.10. The number of methoxy groups -OCH3 is 1. The Morgan fingerprint density at radius 2 is 1.78 bits per heavy atom. The van der Waals surface area contributed by atoms with Crippen LogP contribution in [0.2, 0.25) is 0 Å². The minimum absolute atomic E-state index is 0.00252. The van der Waals surface area contributed by atoms with Crippen molar-refractivity contribution in [1.29, 1.82) is 0 Å². The molecule has 3 heterocycles. The molecule has 2 aliphatic rings. The van der Waals surface area contributed by atoms with Gasteiger partial charge in [0.05, 0.1) is 18.6 Å². The van der Waals surface area contributed by atoms with Crippen LogP contribution in [0.1, 0.15) is 51.2 Å². The number of likely N-dealkylation sites (tertiary alicyclic amines) is 1. The number of hydrogen-bond acceptors (Lipinski definition) is 5. The number of amides is 2. The van der Waals surface area contributed by atoms with Crippen molar-refractivity contribution in [2.45, 2.75) is 37.4 Å². The monoisotopic (exact) mass is 503 g/mol. The van der Waals surface area contributed by atoms with E-state index in [0.717, 1.165) is 42.9 Å². The molecule has 188 valence electrons. The van der Waals surface area contributed by atoms with Gasteiger partial charge in [-0.25, -0.2) is 0 Å². The summed E-state index contributed by atoms with van der Waals surface area (Å²) in [5, 5.41) is 5.37. The van der Waals surface area contributed by atoms with Crippen LogP contribution in [0.25, 0.3) is 0 Å². The Bertz CT molecular complexity index is 1160. The molecule has 1 aromatic heterocycles. The number of nitrogens with one attached hydrogen (secondary N) is 1. The summed E-state index contributed by atoms with van der Waals surface area (Å²) < 4.78 is 5.32. The second-order valence-electron chi connectivity index (χ2n) is 9.56. The van der Waals surface area contributed by atoms with Crippen molar-refractivity contribution in [2.24, 2.45) is 0 Å². The van der Waals surface area contributed by atoms with Gasteiger partial charge in [0.2, 0.25) is 5.91 Å². The van der Waals surface area contributed by atoms with Gasteiger partial charge in [0.1, 0.15) is 0 Å². The Balaban J connectivity index is 1.35. The van der Waals surface area contributed by atoms with Crippen molar-refractivity contribution in [1.82, 2.24) is 15.1 Å². The van der Waals surface area contributed by atoms with Gasteiger partial charge in [-0.1, -0.05) is 54.6 Å². The molecule has 0 radical (unpaired) electrons. The minimum Gasteiger partial charge on any atom is -0.383 e. The molecule has 2 aliphatic heterocycles. The van der Waals surface area contributed by atoms with Crippen molar-refractivity contribution >= 4 is 23.2 Å². The van der Waals surface area contributed by atoms with Crippen molar-refractivity contribution < 1.29 is 14.3 Å². The molecule has 5 rings (SSSR count). The molecule has 0 unspecified atom stereocenters. The van der Waals surface area contributed by atoms with E-state index < -0.39 is 5.92 Å².